The molecule has 0 aliphatic heterocycles. The molecule has 0 aromatic heterocycles. The monoisotopic (exact) mass is 995 g/mol. The van der Waals surface area contributed by atoms with E-state index in [9.17, 15) is 20.4 Å². The van der Waals surface area contributed by atoms with Crippen molar-refractivity contribution in [2.24, 2.45) is 0 Å². The van der Waals surface area contributed by atoms with Crippen LogP contribution in [0.15, 0.2) is 84.9 Å². The SMILES string of the molecule is CC(C)(C)c1cc(-c2ccc(C#Cc3ccc(-c4cc(C(C)(C)C)c(O)c(C(C)(C)C)c4)cc3-c3cc(C(C)(C)C)c(O)c(C(C)(C)C)c3)c(-c3cc(C(C)(C)C)c(O)c(C(C)(C)C)c3)c2)cc(C(C)(C)C)c1O. The van der Waals surface area contributed by atoms with E-state index in [4.69, 9.17) is 0 Å². The number of phenols is 4. The largest absolute Gasteiger partial charge is 0.507 e. The van der Waals surface area contributed by atoms with Gasteiger partial charge in [0.25, 0.3) is 0 Å². The third-order valence-electron chi connectivity index (χ3n) is 14.6. The Balaban J connectivity index is 1.76. The fourth-order valence-electron chi connectivity index (χ4n) is 10.0. The van der Waals surface area contributed by atoms with Crippen LogP contribution in [0.3, 0.4) is 0 Å². The minimum absolute atomic E-state index is 0.313. The summed E-state index contributed by atoms with van der Waals surface area (Å²) in [7, 11) is 0. The van der Waals surface area contributed by atoms with Gasteiger partial charge in [0.2, 0.25) is 0 Å². The topological polar surface area (TPSA) is 80.9 Å². The highest BCUT2D eigenvalue weighted by molar-refractivity contribution is 5.84. The van der Waals surface area contributed by atoms with Gasteiger partial charge in [0.05, 0.1) is 0 Å². The third kappa shape index (κ3) is 11.9. The first kappa shape index (κ1) is 57.4. The van der Waals surface area contributed by atoms with Crippen molar-refractivity contribution in [2.45, 2.75) is 209 Å². The molecule has 4 nitrogen and oxygen atoms in total. The summed E-state index contributed by atoms with van der Waals surface area (Å²) in [5.41, 5.74) is 13.9. The van der Waals surface area contributed by atoms with Crippen molar-refractivity contribution in [3.05, 3.63) is 141 Å². The zero-order valence-corrected chi connectivity index (χ0v) is 49.9. The summed E-state index contributed by atoms with van der Waals surface area (Å²) >= 11 is 0. The van der Waals surface area contributed by atoms with E-state index in [1.807, 2.05) is 0 Å². The molecule has 0 heterocycles. The Morgan fingerprint density at radius 3 is 0.581 bits per heavy atom. The van der Waals surface area contributed by atoms with E-state index in [-0.39, 0.29) is 43.3 Å². The fraction of sp³-hybridized carbons (Fsp3) is 0.457. The van der Waals surface area contributed by atoms with Gasteiger partial charge < -0.3 is 20.4 Å². The Hall–Kier alpha value is -5.92. The van der Waals surface area contributed by atoms with E-state index >= 15 is 0 Å². The van der Waals surface area contributed by atoms with Crippen LogP contribution in [0.2, 0.25) is 0 Å². The van der Waals surface area contributed by atoms with Crippen molar-refractivity contribution in [1.29, 1.82) is 0 Å². The number of phenolic OH excluding ortho intramolecular Hbond substituents is 4. The van der Waals surface area contributed by atoms with Crippen LogP contribution in [0.25, 0.3) is 44.5 Å². The average molecular weight is 995 g/mol. The van der Waals surface area contributed by atoms with Gasteiger partial charge in [-0.3, -0.25) is 0 Å². The molecule has 74 heavy (non-hydrogen) atoms. The van der Waals surface area contributed by atoms with Gasteiger partial charge in [-0.25, -0.2) is 0 Å². The molecule has 0 atom stereocenters. The Kier molecular flexibility index (Phi) is 14.7. The van der Waals surface area contributed by atoms with Gasteiger partial charge in [-0.05, 0) is 161 Å². The first-order valence-corrected chi connectivity index (χ1v) is 26.7. The molecule has 394 valence electrons. The van der Waals surface area contributed by atoms with Crippen molar-refractivity contribution in [1.82, 2.24) is 0 Å². The molecule has 6 rings (SSSR count). The number of aromatic hydroxyl groups is 4. The molecule has 0 amide bonds. The molecular formula is C70H90O4. The molecule has 6 aromatic rings. The summed E-state index contributed by atoms with van der Waals surface area (Å²) in [6, 6.07) is 30.1. The van der Waals surface area contributed by atoms with Crippen LogP contribution >= 0.6 is 0 Å². The zero-order valence-electron chi connectivity index (χ0n) is 49.9. The molecule has 4 N–H and O–H groups in total. The predicted octanol–water partition coefficient (Wildman–Crippen LogP) is 19.0. The number of hydrogen-bond donors (Lipinski definition) is 4. The van der Waals surface area contributed by atoms with Crippen molar-refractivity contribution < 1.29 is 20.4 Å². The minimum Gasteiger partial charge on any atom is -0.507 e. The molecule has 6 aromatic carbocycles. The molecule has 0 radical (unpaired) electrons. The first-order valence-electron chi connectivity index (χ1n) is 26.7. The molecule has 0 spiro atoms. The Bertz CT molecular complexity index is 2840. The molecule has 0 bridgehead atoms. The standard InChI is InChI=1S/C70H90O4/c1-63(2,3)51-33-45(34-52(59(51)71)64(4,5)6)43-29-27-41(49(31-43)47-37-55(67(13,14)15)61(73)56(38-47)68(16,17)18)25-26-42-28-30-44(46-35-53(65(7,8)9)60(72)54(36-46)66(10,11)12)32-50(42)48-39-57(69(19,20)21)62(74)58(40-48)70(22,23)24/h27-40,71-74H,1-24H3. The smallest absolute Gasteiger partial charge is 0.123 e. The second-order valence-electron chi connectivity index (χ2n) is 29.5. The summed E-state index contributed by atoms with van der Waals surface area (Å²) in [4.78, 5) is 0. The molecule has 0 saturated carbocycles. The van der Waals surface area contributed by atoms with Crippen LogP contribution in [0, 0.1) is 11.8 Å². The highest BCUT2D eigenvalue weighted by Gasteiger charge is 2.32. The summed E-state index contributed by atoms with van der Waals surface area (Å²) in [5, 5.41) is 47.5. The van der Waals surface area contributed by atoms with Gasteiger partial charge in [-0.15, -0.1) is 0 Å². The second-order valence-corrected chi connectivity index (χ2v) is 29.5. The van der Waals surface area contributed by atoms with Gasteiger partial charge in [-0.2, -0.15) is 0 Å². The second kappa shape index (κ2) is 19.0. The molecule has 4 heteroatoms. The third-order valence-corrected chi connectivity index (χ3v) is 14.6. The van der Waals surface area contributed by atoms with Crippen LogP contribution in [-0.2, 0) is 43.3 Å². The van der Waals surface area contributed by atoms with Crippen molar-refractivity contribution in [3.63, 3.8) is 0 Å². The van der Waals surface area contributed by atoms with E-state index in [0.717, 1.165) is 100 Å². The van der Waals surface area contributed by atoms with E-state index in [0.29, 0.717) is 23.0 Å². The Morgan fingerprint density at radius 1 is 0.230 bits per heavy atom. The highest BCUT2D eigenvalue weighted by atomic mass is 16.3. The van der Waals surface area contributed by atoms with E-state index in [1.54, 1.807) is 0 Å². The van der Waals surface area contributed by atoms with Crippen molar-refractivity contribution in [3.8, 4) is 79.3 Å². The van der Waals surface area contributed by atoms with E-state index in [2.05, 4.69) is 263 Å². The summed E-state index contributed by atoms with van der Waals surface area (Å²) < 4.78 is 0. The maximum absolute atomic E-state index is 12.0. The predicted molar refractivity (Wildman–Crippen MR) is 317 cm³/mol. The lowest BCUT2D eigenvalue weighted by molar-refractivity contribution is 0.422. The highest BCUT2D eigenvalue weighted by Crippen LogP contribution is 2.48. The lowest BCUT2D eigenvalue weighted by Crippen LogP contribution is -2.17. The Morgan fingerprint density at radius 2 is 0.405 bits per heavy atom. The van der Waals surface area contributed by atoms with Gasteiger partial charge in [0, 0.05) is 55.6 Å². The maximum Gasteiger partial charge on any atom is 0.123 e. The zero-order chi connectivity index (χ0) is 56.0. The lowest BCUT2D eigenvalue weighted by atomic mass is 9.76. The average Bonchev–Trinajstić information content (AvgIpc) is 3.22. The van der Waals surface area contributed by atoms with Gasteiger partial charge >= 0.3 is 0 Å². The number of benzene rings is 6. The van der Waals surface area contributed by atoms with Gasteiger partial charge in [-0.1, -0.05) is 190 Å². The van der Waals surface area contributed by atoms with Crippen molar-refractivity contribution in [2.75, 3.05) is 0 Å². The van der Waals surface area contributed by atoms with Gasteiger partial charge in [0.1, 0.15) is 23.0 Å². The van der Waals surface area contributed by atoms with Crippen LogP contribution < -0.4 is 0 Å². The number of hydrogen-bond acceptors (Lipinski definition) is 4. The minimum atomic E-state index is -0.360. The molecule has 0 fully saturated rings. The summed E-state index contributed by atoms with van der Waals surface area (Å²) in [6.07, 6.45) is 0. The molecule has 0 aliphatic carbocycles. The molecule has 0 aliphatic rings. The Labute approximate surface area is 447 Å². The van der Waals surface area contributed by atoms with Gasteiger partial charge in [0.15, 0.2) is 0 Å². The molecule has 0 unspecified atom stereocenters. The fourth-order valence-corrected chi connectivity index (χ4v) is 10.0. The number of rotatable bonds is 4. The molecule has 0 saturated heterocycles. The summed E-state index contributed by atoms with van der Waals surface area (Å²) in [6.45, 7) is 51.4. The van der Waals surface area contributed by atoms with Crippen molar-refractivity contribution >= 4 is 0 Å². The van der Waals surface area contributed by atoms with Crippen LogP contribution in [0.1, 0.15) is 222 Å². The van der Waals surface area contributed by atoms with Crippen LogP contribution in [-0.4, -0.2) is 20.4 Å². The quantitative estimate of drug-likeness (QED) is 0.133. The van der Waals surface area contributed by atoms with E-state index in [1.165, 1.54) is 0 Å². The summed E-state index contributed by atoms with van der Waals surface area (Å²) in [5.74, 6) is 8.76. The maximum atomic E-state index is 12.0. The van der Waals surface area contributed by atoms with E-state index < -0.39 is 0 Å². The lowest BCUT2D eigenvalue weighted by Gasteiger charge is -2.29. The van der Waals surface area contributed by atoms with Crippen LogP contribution in [0.5, 0.6) is 23.0 Å². The first-order chi connectivity index (χ1) is 33.4. The normalized spacial score (nSPS) is 13.2. The van der Waals surface area contributed by atoms with Crippen LogP contribution in [0.4, 0.5) is 0 Å². The molecular weight excluding hydrogens is 905 g/mol.